The van der Waals surface area contributed by atoms with Gasteiger partial charge in [0.1, 0.15) is 0 Å². The van der Waals surface area contributed by atoms with Gasteiger partial charge in [-0.1, -0.05) is 43.2 Å². The quantitative estimate of drug-likeness (QED) is 0.779. The zero-order chi connectivity index (χ0) is 13.5. The van der Waals surface area contributed by atoms with Crippen LogP contribution in [0.1, 0.15) is 19.4 Å². The molecule has 2 N–H and O–H groups in total. The van der Waals surface area contributed by atoms with E-state index in [0.717, 1.165) is 5.56 Å². The van der Waals surface area contributed by atoms with Crippen LogP contribution in [-0.2, 0) is 16.1 Å². The summed E-state index contributed by atoms with van der Waals surface area (Å²) in [5.41, 5.74) is 6.34. The molecule has 96 valence electrons. The average molecular weight is 245 g/mol. The van der Waals surface area contributed by atoms with Gasteiger partial charge in [0.25, 0.3) is 0 Å². The first-order valence-electron chi connectivity index (χ1n) is 5.97. The number of ether oxygens (including phenoxy) is 1. The van der Waals surface area contributed by atoms with Gasteiger partial charge in [0.2, 0.25) is 5.91 Å². The number of rotatable bonds is 6. The van der Waals surface area contributed by atoms with Crippen molar-refractivity contribution >= 4 is 5.91 Å². The van der Waals surface area contributed by atoms with E-state index in [1.807, 2.05) is 37.3 Å². The van der Waals surface area contributed by atoms with Gasteiger partial charge in [-0.2, -0.15) is 0 Å². The highest BCUT2D eigenvalue weighted by molar-refractivity contribution is 5.77. The maximum Gasteiger partial charge on any atom is 0.221 e. The van der Waals surface area contributed by atoms with Crippen molar-refractivity contribution in [2.24, 2.45) is 17.6 Å². The Morgan fingerprint density at radius 2 is 2.00 bits per heavy atom. The van der Waals surface area contributed by atoms with E-state index >= 15 is 0 Å². The van der Waals surface area contributed by atoms with Crippen LogP contribution < -0.4 is 5.73 Å². The third kappa shape index (κ3) is 3.90. The van der Waals surface area contributed by atoms with Gasteiger partial charge in [-0.05, 0) is 12.5 Å². The number of carbonyl (C=O) groups is 1. The highest BCUT2D eigenvalue weighted by Gasteiger charge is 2.26. The molecule has 3 nitrogen and oxygen atoms in total. The minimum atomic E-state index is -0.395. The van der Waals surface area contributed by atoms with Crippen LogP contribution in [0.5, 0.6) is 0 Å². The van der Waals surface area contributed by atoms with Crippen LogP contribution in [0, 0.1) is 24.2 Å². The fourth-order valence-corrected chi connectivity index (χ4v) is 1.77. The van der Waals surface area contributed by atoms with Crippen LogP contribution in [0.3, 0.4) is 0 Å². The molecule has 0 spiro atoms. The number of primary amides is 1. The average Bonchev–Trinajstić information content (AvgIpc) is 2.38. The lowest BCUT2D eigenvalue weighted by Gasteiger charge is -2.23. The Balaban J connectivity index is 2.56. The number of terminal acetylenes is 1. The molecule has 0 saturated heterocycles. The lowest BCUT2D eigenvalue weighted by atomic mass is 9.90. The smallest absolute Gasteiger partial charge is 0.221 e. The van der Waals surface area contributed by atoms with E-state index in [1.165, 1.54) is 0 Å². The van der Waals surface area contributed by atoms with Crippen LogP contribution >= 0.6 is 0 Å². The van der Waals surface area contributed by atoms with Gasteiger partial charge in [0, 0.05) is 0 Å². The van der Waals surface area contributed by atoms with Crippen LogP contribution in [0.4, 0.5) is 0 Å². The van der Waals surface area contributed by atoms with E-state index in [4.69, 9.17) is 16.9 Å². The second-order valence-corrected chi connectivity index (χ2v) is 4.39. The molecule has 0 heterocycles. The van der Waals surface area contributed by atoms with Crippen molar-refractivity contribution < 1.29 is 9.53 Å². The van der Waals surface area contributed by atoms with Crippen molar-refractivity contribution in [3.05, 3.63) is 35.9 Å². The predicted molar refractivity (Wildman–Crippen MR) is 71.4 cm³/mol. The topological polar surface area (TPSA) is 52.3 Å². The Labute approximate surface area is 108 Å². The normalized spacial score (nSPS) is 15.4. The summed E-state index contributed by atoms with van der Waals surface area (Å²) in [4.78, 5) is 11.1. The number of carbonyl (C=O) groups excluding carboxylic acids is 1. The minimum absolute atomic E-state index is 0.210. The number of hydrogen-bond acceptors (Lipinski definition) is 2. The van der Waals surface area contributed by atoms with E-state index in [9.17, 15) is 4.79 Å². The zero-order valence-electron chi connectivity index (χ0n) is 10.8. The zero-order valence-corrected chi connectivity index (χ0v) is 10.8. The van der Waals surface area contributed by atoms with Crippen molar-refractivity contribution in [2.75, 3.05) is 0 Å². The third-order valence-corrected chi connectivity index (χ3v) is 3.04. The molecule has 1 rings (SSSR count). The highest BCUT2D eigenvalue weighted by Crippen LogP contribution is 2.18. The molecular weight excluding hydrogens is 226 g/mol. The Kier molecular flexibility index (Phi) is 5.41. The van der Waals surface area contributed by atoms with Gasteiger partial charge in [-0.3, -0.25) is 4.79 Å². The fraction of sp³-hybridized carbons (Fsp3) is 0.400. The van der Waals surface area contributed by atoms with Gasteiger partial charge in [0.15, 0.2) is 0 Å². The van der Waals surface area contributed by atoms with Crippen LogP contribution in [0.15, 0.2) is 30.3 Å². The largest absolute Gasteiger partial charge is 0.373 e. The standard InChI is InChI=1S/C15H19NO2/c1-4-14(11(2)15(16)17)12(3)18-10-13-8-6-5-7-9-13/h1,5-9,11-12,14H,10H2,2-3H3,(H2,16,17)/t11-,12+,14+/m1/s1. The van der Waals surface area contributed by atoms with Crippen LogP contribution in [0.2, 0.25) is 0 Å². The van der Waals surface area contributed by atoms with E-state index < -0.39 is 5.91 Å². The van der Waals surface area contributed by atoms with Crippen molar-refractivity contribution in [1.82, 2.24) is 0 Å². The van der Waals surface area contributed by atoms with Crippen LogP contribution in [-0.4, -0.2) is 12.0 Å². The summed E-state index contributed by atoms with van der Waals surface area (Å²) < 4.78 is 5.70. The minimum Gasteiger partial charge on any atom is -0.373 e. The van der Waals surface area contributed by atoms with E-state index in [2.05, 4.69) is 5.92 Å². The summed E-state index contributed by atoms with van der Waals surface area (Å²) in [6, 6.07) is 9.82. The van der Waals surface area contributed by atoms with Crippen molar-refractivity contribution in [2.45, 2.75) is 26.6 Å². The Hall–Kier alpha value is -1.79. The molecule has 18 heavy (non-hydrogen) atoms. The molecule has 0 radical (unpaired) electrons. The van der Waals surface area contributed by atoms with Crippen molar-refractivity contribution in [1.29, 1.82) is 0 Å². The summed E-state index contributed by atoms with van der Waals surface area (Å²) in [6.07, 6.45) is 5.23. The van der Waals surface area contributed by atoms with E-state index in [1.54, 1.807) is 6.92 Å². The first-order chi connectivity index (χ1) is 8.56. The predicted octanol–water partition coefficient (Wildman–Crippen LogP) is 1.96. The summed E-state index contributed by atoms with van der Waals surface area (Å²) in [6.45, 7) is 4.08. The molecular formula is C15H19NO2. The monoisotopic (exact) mass is 245 g/mol. The summed E-state index contributed by atoms with van der Waals surface area (Å²) in [7, 11) is 0. The molecule has 3 atom stereocenters. The second-order valence-electron chi connectivity index (χ2n) is 4.39. The third-order valence-electron chi connectivity index (χ3n) is 3.04. The molecule has 0 aliphatic rings. The summed E-state index contributed by atoms with van der Waals surface area (Å²) in [5, 5.41) is 0. The molecule has 1 amide bonds. The number of nitrogens with two attached hydrogens (primary N) is 1. The summed E-state index contributed by atoms with van der Waals surface area (Å²) >= 11 is 0. The number of amides is 1. The Bertz CT molecular complexity index is 422. The number of benzene rings is 1. The molecule has 1 aromatic rings. The molecule has 0 aliphatic carbocycles. The Morgan fingerprint density at radius 3 is 2.50 bits per heavy atom. The van der Waals surface area contributed by atoms with Gasteiger partial charge < -0.3 is 10.5 Å². The molecule has 0 aromatic heterocycles. The summed E-state index contributed by atoms with van der Waals surface area (Å²) in [5.74, 6) is 1.51. The SMILES string of the molecule is C#C[C@H]([C@H](C)OCc1ccccc1)[C@@H](C)C(N)=O. The number of hydrogen-bond donors (Lipinski definition) is 1. The Morgan fingerprint density at radius 1 is 1.39 bits per heavy atom. The maximum absolute atomic E-state index is 11.1. The molecule has 3 heteroatoms. The molecule has 0 saturated carbocycles. The first kappa shape index (κ1) is 14.3. The van der Waals surface area contributed by atoms with Crippen LogP contribution in [0.25, 0.3) is 0 Å². The van der Waals surface area contributed by atoms with E-state index in [0.29, 0.717) is 6.61 Å². The van der Waals surface area contributed by atoms with Gasteiger partial charge >= 0.3 is 0 Å². The second kappa shape index (κ2) is 6.83. The van der Waals surface area contributed by atoms with Gasteiger partial charge in [0.05, 0.1) is 24.5 Å². The molecule has 0 aliphatic heterocycles. The van der Waals surface area contributed by atoms with Gasteiger partial charge in [-0.15, -0.1) is 6.42 Å². The lowest BCUT2D eigenvalue weighted by Crippen LogP contribution is -2.33. The van der Waals surface area contributed by atoms with Crippen molar-refractivity contribution in [3.8, 4) is 12.3 Å². The highest BCUT2D eigenvalue weighted by atomic mass is 16.5. The molecule has 1 aromatic carbocycles. The van der Waals surface area contributed by atoms with Crippen molar-refractivity contribution in [3.63, 3.8) is 0 Å². The molecule has 0 unspecified atom stereocenters. The molecule has 0 bridgehead atoms. The lowest BCUT2D eigenvalue weighted by molar-refractivity contribution is -0.124. The molecule has 0 fully saturated rings. The fourth-order valence-electron chi connectivity index (χ4n) is 1.77. The first-order valence-corrected chi connectivity index (χ1v) is 5.97. The van der Waals surface area contributed by atoms with Gasteiger partial charge in [-0.25, -0.2) is 0 Å². The maximum atomic E-state index is 11.1. The van der Waals surface area contributed by atoms with E-state index in [-0.39, 0.29) is 17.9 Å².